The van der Waals surface area contributed by atoms with Crippen molar-refractivity contribution in [2.45, 2.75) is 38.4 Å². The second-order valence-corrected chi connectivity index (χ2v) is 8.02. The average Bonchev–Trinajstić information content (AvgIpc) is 3.26. The number of rotatable bonds is 6. The minimum atomic E-state index is -3.44. The highest BCUT2D eigenvalue weighted by Gasteiger charge is 2.39. The number of hydrogen-bond acceptors (Lipinski definition) is 6. The van der Waals surface area contributed by atoms with Gasteiger partial charge < -0.3 is 15.0 Å². The molecular formula is C25H27FN4O4. The highest BCUT2D eigenvalue weighted by molar-refractivity contribution is 6.06. The molecular weight excluding hydrogens is 439 g/mol. The second kappa shape index (κ2) is 9.52. The Kier molecular flexibility index (Phi) is 4.36. The molecule has 5 rings (SSSR count). The van der Waals surface area contributed by atoms with Crippen LogP contribution in [0.3, 0.4) is 0 Å². The first kappa shape index (κ1) is 15.6. The van der Waals surface area contributed by atoms with Crippen LogP contribution in [0.25, 0.3) is 0 Å². The molecule has 2 saturated heterocycles. The van der Waals surface area contributed by atoms with Crippen LogP contribution in [0.1, 0.15) is 49.4 Å². The molecule has 0 aliphatic carbocycles. The summed E-state index contributed by atoms with van der Waals surface area (Å²) in [6.45, 7) is -0.555. The Labute approximate surface area is 206 Å². The zero-order valence-corrected chi connectivity index (χ0v) is 18.1. The molecule has 8 nitrogen and oxygen atoms in total. The normalized spacial score (nSPS) is 29.5. The number of nitrogens with one attached hydrogen (secondary N) is 2. The Balaban J connectivity index is 1.45. The Morgan fingerprint density at radius 3 is 2.76 bits per heavy atom. The van der Waals surface area contributed by atoms with Gasteiger partial charge in [0.1, 0.15) is 11.8 Å². The molecule has 178 valence electrons. The first-order chi connectivity index (χ1) is 19.1. The van der Waals surface area contributed by atoms with Crippen LogP contribution in [0.5, 0.6) is 0 Å². The molecule has 2 aromatic carbocycles. The molecule has 2 aromatic rings. The summed E-state index contributed by atoms with van der Waals surface area (Å²) >= 11 is 0. The number of imide groups is 1. The van der Waals surface area contributed by atoms with E-state index in [0.29, 0.717) is 36.8 Å². The molecule has 1 atom stereocenters. The fourth-order valence-electron chi connectivity index (χ4n) is 4.12. The Hall–Kier alpha value is -3.30. The average molecular weight is 474 g/mol. The summed E-state index contributed by atoms with van der Waals surface area (Å²) in [6, 6.07) is 5.39. The zero-order valence-electron chi connectivity index (χ0n) is 25.1. The van der Waals surface area contributed by atoms with Gasteiger partial charge in [-0.05, 0) is 18.5 Å². The maximum absolute atomic E-state index is 15.6. The number of fused-ring (bicyclic) bond motifs is 1. The Morgan fingerprint density at radius 2 is 1.94 bits per heavy atom. The van der Waals surface area contributed by atoms with Crippen molar-refractivity contribution in [3.63, 3.8) is 0 Å². The summed E-state index contributed by atoms with van der Waals surface area (Å²) in [6.07, 6.45) is -6.76. The third-order valence-corrected chi connectivity index (χ3v) is 5.88. The van der Waals surface area contributed by atoms with Crippen LogP contribution < -0.4 is 10.6 Å². The van der Waals surface area contributed by atoms with Gasteiger partial charge in [0.25, 0.3) is 5.91 Å². The van der Waals surface area contributed by atoms with Gasteiger partial charge >= 0.3 is 0 Å². The number of nitrogens with zero attached hydrogens (tertiary/aromatic N) is 2. The van der Waals surface area contributed by atoms with Crippen LogP contribution in [-0.2, 0) is 33.9 Å². The molecule has 3 amide bonds. The van der Waals surface area contributed by atoms with Crippen molar-refractivity contribution in [2.24, 2.45) is 0 Å². The molecule has 1 unspecified atom stereocenters. The maximum Gasteiger partial charge on any atom is 0.255 e. The van der Waals surface area contributed by atoms with E-state index >= 15 is 4.39 Å². The highest BCUT2D eigenvalue weighted by Crippen LogP contribution is 2.32. The lowest BCUT2D eigenvalue weighted by Gasteiger charge is -2.29. The maximum atomic E-state index is 15.6. The van der Waals surface area contributed by atoms with Crippen LogP contribution in [0, 0.1) is 5.82 Å². The van der Waals surface area contributed by atoms with Crippen LogP contribution >= 0.6 is 0 Å². The van der Waals surface area contributed by atoms with E-state index in [9.17, 15) is 14.4 Å². The monoisotopic (exact) mass is 473 g/mol. The molecule has 0 bridgehead atoms. The van der Waals surface area contributed by atoms with E-state index < -0.39 is 55.3 Å². The first-order valence-corrected chi connectivity index (χ1v) is 10.8. The molecule has 0 aromatic heterocycles. The van der Waals surface area contributed by atoms with E-state index in [1.165, 1.54) is 30.3 Å². The summed E-state index contributed by atoms with van der Waals surface area (Å²) in [7, 11) is 0. The van der Waals surface area contributed by atoms with E-state index in [1.54, 1.807) is 11.4 Å². The van der Waals surface area contributed by atoms with Crippen molar-refractivity contribution < 1.29 is 33.1 Å². The number of carbonyl (C=O) groups is 3. The van der Waals surface area contributed by atoms with Crippen molar-refractivity contribution in [3.05, 3.63) is 64.5 Å². The predicted octanol–water partition coefficient (Wildman–Crippen LogP) is 2.03. The molecule has 0 saturated carbocycles. The molecule has 34 heavy (non-hydrogen) atoms. The van der Waals surface area contributed by atoms with Gasteiger partial charge in [-0.3, -0.25) is 24.6 Å². The number of carbonyl (C=O) groups excluding carboxylic acids is 3. The van der Waals surface area contributed by atoms with Gasteiger partial charge in [-0.1, -0.05) is 24.3 Å². The van der Waals surface area contributed by atoms with Crippen molar-refractivity contribution in [2.75, 3.05) is 31.6 Å². The predicted molar refractivity (Wildman–Crippen MR) is 122 cm³/mol. The number of halogens is 1. The number of amides is 3. The largest absolute Gasteiger partial charge is 0.381 e. The summed E-state index contributed by atoms with van der Waals surface area (Å²) in [5.74, 6) is -4.80. The Morgan fingerprint density at radius 1 is 1.18 bits per heavy atom. The van der Waals surface area contributed by atoms with Gasteiger partial charge in [0.05, 0.1) is 17.3 Å². The van der Waals surface area contributed by atoms with E-state index in [2.05, 4.69) is 5.32 Å². The van der Waals surface area contributed by atoms with Crippen LogP contribution in [-0.4, -0.2) is 59.8 Å². The van der Waals surface area contributed by atoms with E-state index in [0.717, 1.165) is 0 Å². The van der Waals surface area contributed by atoms with E-state index in [1.807, 2.05) is 4.90 Å². The minimum absolute atomic E-state index is 0.0285. The van der Waals surface area contributed by atoms with Gasteiger partial charge in [-0.2, -0.15) is 0 Å². The van der Waals surface area contributed by atoms with Gasteiger partial charge in [0.2, 0.25) is 11.8 Å². The van der Waals surface area contributed by atoms with Crippen LogP contribution in [0.2, 0.25) is 0 Å². The number of ether oxygens (including phenoxy) is 1. The van der Waals surface area contributed by atoms with Gasteiger partial charge in [0.15, 0.2) is 0 Å². The summed E-state index contributed by atoms with van der Waals surface area (Å²) in [5.41, 5.74) is 0.0497. The molecule has 9 heteroatoms. The molecule has 0 spiro atoms. The number of piperidine rings is 1. The molecule has 2 N–H and O–H groups in total. The number of hydrogen-bond donors (Lipinski definition) is 2. The van der Waals surface area contributed by atoms with E-state index in [4.69, 9.17) is 14.3 Å². The molecule has 0 radical (unpaired) electrons. The quantitative estimate of drug-likeness (QED) is 0.624. The number of morpholine rings is 1. The van der Waals surface area contributed by atoms with Gasteiger partial charge in [-0.15, -0.1) is 0 Å². The zero-order chi connectivity index (χ0) is 30.0. The lowest BCUT2D eigenvalue weighted by atomic mass is 10.0. The van der Waals surface area contributed by atoms with Crippen molar-refractivity contribution in [1.82, 2.24) is 15.1 Å². The lowest BCUT2D eigenvalue weighted by molar-refractivity contribution is -0.136. The van der Waals surface area contributed by atoms with E-state index in [-0.39, 0.29) is 28.9 Å². The topological polar surface area (TPSA) is 91.0 Å². The van der Waals surface area contributed by atoms with Gasteiger partial charge in [0, 0.05) is 72.5 Å². The third-order valence-electron chi connectivity index (χ3n) is 5.88. The standard InChI is InChI=1S/C25H27FN4O4/c26-23-16(3-1-4-17(23)14-29-9-11-34-12-10-29)13-27-20-6-2-5-18-19(20)15-30(25(18)33)21-7-8-22(31)28-24(21)32/h1-6,21,27H,7-15H2,(H,28,31,32)/i7D2,8D2,13D2,21D. The lowest BCUT2D eigenvalue weighted by Crippen LogP contribution is -2.52. The SMILES string of the molecule is [2H]C([2H])(Nc1cccc2c1CN(C1([2H])C(=O)NC(=O)C([2H])([2H])C1([2H])[2H])C2=O)c1cccc(CN2CCOCC2)c1F. The molecule has 3 aliphatic heterocycles. The van der Waals surface area contributed by atoms with Crippen molar-refractivity contribution in [3.8, 4) is 0 Å². The third kappa shape index (κ3) is 4.41. The second-order valence-electron chi connectivity index (χ2n) is 8.02. The summed E-state index contributed by atoms with van der Waals surface area (Å²) in [5, 5.41) is 4.27. The van der Waals surface area contributed by atoms with Crippen molar-refractivity contribution in [1.29, 1.82) is 0 Å². The fourth-order valence-corrected chi connectivity index (χ4v) is 4.12. The fraction of sp³-hybridized carbons (Fsp3) is 0.400. The number of benzene rings is 2. The minimum Gasteiger partial charge on any atom is -0.381 e. The summed E-state index contributed by atoms with van der Waals surface area (Å²) < 4.78 is 79.2. The van der Waals surface area contributed by atoms with Gasteiger partial charge in [-0.25, -0.2) is 4.39 Å². The highest BCUT2D eigenvalue weighted by atomic mass is 19.1. The molecule has 2 fully saturated rings. The molecule has 3 heterocycles. The van der Waals surface area contributed by atoms with Crippen LogP contribution in [0.4, 0.5) is 10.1 Å². The summed E-state index contributed by atoms with van der Waals surface area (Å²) in [4.78, 5) is 40.7. The first-order valence-electron chi connectivity index (χ1n) is 14.3. The molecule has 3 aliphatic rings. The number of anilines is 1. The Bertz CT molecular complexity index is 1440. The van der Waals surface area contributed by atoms with Crippen molar-refractivity contribution >= 4 is 23.4 Å². The van der Waals surface area contributed by atoms with Crippen LogP contribution in [0.15, 0.2) is 36.4 Å². The smallest absolute Gasteiger partial charge is 0.255 e.